The quantitative estimate of drug-likeness (QED) is 0.492. The Labute approximate surface area is 66.0 Å². The number of hydrogen-bond acceptors (Lipinski definition) is 1. The zero-order valence-corrected chi connectivity index (χ0v) is 7.46. The SMILES string of the molecule is [O-][S+](P)Cc1ccccc1. The van der Waals surface area contributed by atoms with Crippen LogP contribution in [0.25, 0.3) is 0 Å². The first-order valence-electron chi connectivity index (χ1n) is 2.96. The second-order valence-electron chi connectivity index (χ2n) is 2.01. The molecule has 2 atom stereocenters. The highest BCUT2D eigenvalue weighted by Gasteiger charge is 1.97. The second-order valence-corrected chi connectivity index (χ2v) is 4.64. The van der Waals surface area contributed by atoms with Crippen LogP contribution >= 0.6 is 8.44 Å². The monoisotopic (exact) mass is 172 g/mol. The summed E-state index contributed by atoms with van der Waals surface area (Å²) in [7, 11) is 1.48. The molecule has 0 aliphatic heterocycles. The third-order valence-corrected chi connectivity index (χ3v) is 2.27. The molecule has 0 aliphatic rings. The summed E-state index contributed by atoms with van der Waals surface area (Å²) in [6, 6.07) is 9.80. The van der Waals surface area contributed by atoms with Crippen LogP contribution in [0.1, 0.15) is 5.56 Å². The summed E-state index contributed by atoms with van der Waals surface area (Å²) in [5, 5.41) is 0. The Kier molecular flexibility index (Phi) is 3.20. The molecule has 0 saturated heterocycles. The van der Waals surface area contributed by atoms with E-state index in [9.17, 15) is 4.55 Å². The van der Waals surface area contributed by atoms with Gasteiger partial charge in [0, 0.05) is 5.56 Å². The van der Waals surface area contributed by atoms with E-state index in [1.807, 2.05) is 30.3 Å². The molecule has 2 unspecified atom stereocenters. The van der Waals surface area contributed by atoms with E-state index in [1.165, 1.54) is 0 Å². The summed E-state index contributed by atoms with van der Waals surface area (Å²) in [5.41, 5.74) is 1.12. The molecule has 1 aromatic rings. The van der Waals surface area contributed by atoms with Gasteiger partial charge in [0.2, 0.25) is 0 Å². The Morgan fingerprint density at radius 1 is 1.30 bits per heavy atom. The normalized spacial score (nSPS) is 13.0. The van der Waals surface area contributed by atoms with E-state index >= 15 is 0 Å². The van der Waals surface area contributed by atoms with Crippen LogP contribution < -0.4 is 0 Å². The standard InChI is InChI=1S/C7H9OPS/c8-10(9)6-7-4-2-1-3-5-7/h1-5H,6,9H2. The minimum atomic E-state index is -0.800. The van der Waals surface area contributed by atoms with Crippen molar-refractivity contribution in [2.24, 2.45) is 0 Å². The largest absolute Gasteiger partial charge is 0.615 e. The summed E-state index contributed by atoms with van der Waals surface area (Å²) in [6.45, 7) is 0. The molecule has 0 spiro atoms. The molecule has 1 aromatic carbocycles. The highest BCUT2D eigenvalue weighted by atomic mass is 32.7. The van der Waals surface area contributed by atoms with Gasteiger partial charge in [-0.1, -0.05) is 30.3 Å². The van der Waals surface area contributed by atoms with Crippen molar-refractivity contribution in [2.75, 3.05) is 0 Å². The van der Waals surface area contributed by atoms with Crippen LogP contribution in [0.2, 0.25) is 0 Å². The lowest BCUT2D eigenvalue weighted by molar-refractivity contribution is 0.608. The Balaban J connectivity index is 2.59. The average molecular weight is 172 g/mol. The lowest BCUT2D eigenvalue weighted by Gasteiger charge is -2.02. The van der Waals surface area contributed by atoms with E-state index in [2.05, 4.69) is 8.44 Å². The molecule has 0 saturated carbocycles. The van der Waals surface area contributed by atoms with Crippen LogP contribution in [-0.2, 0) is 16.5 Å². The zero-order chi connectivity index (χ0) is 7.40. The molecule has 0 bridgehead atoms. The fourth-order valence-corrected chi connectivity index (χ4v) is 1.84. The van der Waals surface area contributed by atoms with E-state index in [0.717, 1.165) is 5.56 Å². The number of benzene rings is 1. The van der Waals surface area contributed by atoms with Crippen molar-refractivity contribution in [3.05, 3.63) is 35.9 Å². The van der Waals surface area contributed by atoms with Crippen molar-refractivity contribution < 1.29 is 4.55 Å². The van der Waals surface area contributed by atoms with Crippen molar-refractivity contribution in [1.82, 2.24) is 0 Å². The molecule has 10 heavy (non-hydrogen) atoms. The third-order valence-electron chi connectivity index (χ3n) is 1.15. The Bertz CT molecular complexity index is 188. The van der Waals surface area contributed by atoms with Gasteiger partial charge >= 0.3 is 0 Å². The molecule has 54 valence electrons. The van der Waals surface area contributed by atoms with Crippen LogP contribution in [-0.4, -0.2) is 4.55 Å². The second kappa shape index (κ2) is 3.97. The maximum Gasteiger partial charge on any atom is 0.132 e. The van der Waals surface area contributed by atoms with Gasteiger partial charge in [0.1, 0.15) is 5.75 Å². The zero-order valence-electron chi connectivity index (χ0n) is 5.49. The van der Waals surface area contributed by atoms with E-state index < -0.39 is 10.8 Å². The molecule has 1 rings (SSSR count). The molecule has 0 aliphatic carbocycles. The van der Waals surface area contributed by atoms with Crippen LogP contribution in [0, 0.1) is 0 Å². The van der Waals surface area contributed by atoms with Crippen molar-refractivity contribution in [1.29, 1.82) is 0 Å². The number of hydrogen-bond donors (Lipinski definition) is 0. The first-order valence-corrected chi connectivity index (χ1v) is 5.75. The molecular weight excluding hydrogens is 163 g/mol. The third kappa shape index (κ3) is 2.70. The molecule has 0 heterocycles. The van der Waals surface area contributed by atoms with Gasteiger partial charge in [0.15, 0.2) is 0 Å². The Morgan fingerprint density at radius 3 is 2.40 bits per heavy atom. The Morgan fingerprint density at radius 2 is 1.90 bits per heavy atom. The van der Waals surface area contributed by atoms with Crippen LogP contribution in [0.5, 0.6) is 0 Å². The molecule has 0 aromatic heterocycles. The van der Waals surface area contributed by atoms with Crippen LogP contribution in [0.3, 0.4) is 0 Å². The smallest absolute Gasteiger partial charge is 0.132 e. The van der Waals surface area contributed by atoms with E-state index in [-0.39, 0.29) is 0 Å². The number of rotatable bonds is 2. The van der Waals surface area contributed by atoms with Crippen molar-refractivity contribution in [3.63, 3.8) is 0 Å². The van der Waals surface area contributed by atoms with E-state index in [1.54, 1.807) is 0 Å². The van der Waals surface area contributed by atoms with Crippen molar-refractivity contribution >= 4 is 19.2 Å². The predicted octanol–water partition coefficient (Wildman–Crippen LogP) is 1.73. The fourth-order valence-electron chi connectivity index (χ4n) is 0.739. The molecule has 0 fully saturated rings. The molecular formula is C7H9OPS. The predicted molar refractivity (Wildman–Crippen MR) is 48.0 cm³/mol. The van der Waals surface area contributed by atoms with Gasteiger partial charge in [-0.05, 0) is 10.8 Å². The minimum Gasteiger partial charge on any atom is -0.615 e. The first kappa shape index (κ1) is 8.06. The molecule has 3 heteroatoms. The van der Waals surface area contributed by atoms with E-state index in [4.69, 9.17) is 0 Å². The fraction of sp³-hybridized carbons (Fsp3) is 0.143. The summed E-state index contributed by atoms with van der Waals surface area (Å²) in [5.74, 6) is 0.630. The molecule has 0 amide bonds. The topological polar surface area (TPSA) is 23.1 Å². The molecule has 1 nitrogen and oxygen atoms in total. The van der Waals surface area contributed by atoms with Gasteiger partial charge in [-0.25, -0.2) is 0 Å². The molecule has 0 radical (unpaired) electrons. The highest BCUT2D eigenvalue weighted by Crippen LogP contribution is 2.10. The van der Waals surface area contributed by atoms with Gasteiger partial charge in [0.25, 0.3) is 0 Å². The minimum absolute atomic E-state index is 0.630. The van der Waals surface area contributed by atoms with Crippen LogP contribution in [0.4, 0.5) is 0 Å². The van der Waals surface area contributed by atoms with Gasteiger partial charge in [-0.15, -0.1) is 0 Å². The van der Waals surface area contributed by atoms with Crippen molar-refractivity contribution in [2.45, 2.75) is 5.75 Å². The maximum atomic E-state index is 10.7. The summed E-state index contributed by atoms with van der Waals surface area (Å²) in [6.07, 6.45) is 0. The summed E-state index contributed by atoms with van der Waals surface area (Å²) >= 11 is 0. The highest BCUT2D eigenvalue weighted by molar-refractivity contribution is 8.37. The summed E-state index contributed by atoms with van der Waals surface area (Å²) in [4.78, 5) is 0. The lowest BCUT2D eigenvalue weighted by atomic mass is 10.2. The Hall–Kier alpha value is -0.0400. The van der Waals surface area contributed by atoms with Gasteiger partial charge in [0.05, 0.1) is 8.44 Å². The van der Waals surface area contributed by atoms with Crippen molar-refractivity contribution in [3.8, 4) is 0 Å². The van der Waals surface area contributed by atoms with Crippen LogP contribution in [0.15, 0.2) is 30.3 Å². The van der Waals surface area contributed by atoms with Gasteiger partial charge in [-0.2, -0.15) is 0 Å². The van der Waals surface area contributed by atoms with Gasteiger partial charge < -0.3 is 4.55 Å². The van der Waals surface area contributed by atoms with E-state index in [0.29, 0.717) is 5.75 Å². The maximum absolute atomic E-state index is 10.7. The molecule has 0 N–H and O–H groups in total. The average Bonchev–Trinajstić information content (AvgIpc) is 1.88. The lowest BCUT2D eigenvalue weighted by Crippen LogP contribution is -1.92. The summed E-state index contributed by atoms with van der Waals surface area (Å²) < 4.78 is 10.7. The van der Waals surface area contributed by atoms with Gasteiger partial charge in [-0.3, -0.25) is 0 Å². The first-order chi connectivity index (χ1) is 4.79.